The Bertz CT molecular complexity index is 650. The van der Waals surface area contributed by atoms with E-state index < -0.39 is 4.92 Å². The molecule has 0 amide bonds. The highest BCUT2D eigenvalue weighted by molar-refractivity contribution is 5.74. The molecule has 2 N–H and O–H groups in total. The van der Waals surface area contributed by atoms with Crippen LogP contribution in [0.2, 0.25) is 0 Å². The molecule has 2 heterocycles. The van der Waals surface area contributed by atoms with Gasteiger partial charge in [0.05, 0.1) is 4.92 Å². The minimum atomic E-state index is -0.434. The van der Waals surface area contributed by atoms with Crippen LogP contribution < -0.4 is 5.73 Å². The van der Waals surface area contributed by atoms with Crippen LogP contribution in [0.5, 0.6) is 0 Å². The summed E-state index contributed by atoms with van der Waals surface area (Å²) >= 11 is 0. The van der Waals surface area contributed by atoms with Gasteiger partial charge in [0.1, 0.15) is 5.82 Å². The molecule has 0 atom stereocenters. The molecule has 3 rings (SSSR count). The van der Waals surface area contributed by atoms with Gasteiger partial charge in [-0.1, -0.05) is 0 Å². The average Bonchev–Trinajstić information content (AvgIpc) is 2.83. The standard InChI is InChI=1S/C12H13N5O2/c13-10-5-4-8(17(18)19)7-9(10)12-15-14-11-3-1-2-6-16(11)12/h4-5,7H,1-3,6,13H2. The minimum Gasteiger partial charge on any atom is -0.398 e. The van der Waals surface area contributed by atoms with Crippen molar-refractivity contribution in [3.63, 3.8) is 0 Å². The number of hydrogen-bond acceptors (Lipinski definition) is 5. The predicted octanol–water partition coefficient (Wildman–Crippen LogP) is 1.77. The number of hydrogen-bond donors (Lipinski definition) is 1. The van der Waals surface area contributed by atoms with Gasteiger partial charge >= 0.3 is 0 Å². The Hall–Kier alpha value is -2.44. The van der Waals surface area contributed by atoms with Gasteiger partial charge in [0.25, 0.3) is 5.69 Å². The fraction of sp³-hybridized carbons (Fsp3) is 0.333. The van der Waals surface area contributed by atoms with Crippen molar-refractivity contribution < 1.29 is 4.92 Å². The van der Waals surface area contributed by atoms with Crippen LogP contribution in [-0.2, 0) is 13.0 Å². The van der Waals surface area contributed by atoms with E-state index in [9.17, 15) is 10.1 Å². The molecule has 2 aromatic rings. The highest BCUT2D eigenvalue weighted by atomic mass is 16.6. The van der Waals surface area contributed by atoms with Gasteiger partial charge in [-0.05, 0) is 18.9 Å². The third-order valence-electron chi connectivity index (χ3n) is 3.35. The van der Waals surface area contributed by atoms with Gasteiger partial charge in [-0.15, -0.1) is 10.2 Å². The molecule has 0 fully saturated rings. The maximum Gasteiger partial charge on any atom is 0.270 e. The van der Waals surface area contributed by atoms with Crippen molar-refractivity contribution in [2.45, 2.75) is 25.8 Å². The molecule has 0 spiro atoms. The third-order valence-corrected chi connectivity index (χ3v) is 3.35. The van der Waals surface area contributed by atoms with Crippen molar-refractivity contribution in [2.24, 2.45) is 0 Å². The van der Waals surface area contributed by atoms with E-state index in [0.717, 1.165) is 31.6 Å². The van der Waals surface area contributed by atoms with Crippen molar-refractivity contribution in [3.05, 3.63) is 34.1 Å². The number of nitrogens with two attached hydrogens (primary N) is 1. The summed E-state index contributed by atoms with van der Waals surface area (Å²) in [7, 11) is 0. The van der Waals surface area contributed by atoms with Gasteiger partial charge in [0, 0.05) is 36.3 Å². The molecule has 19 heavy (non-hydrogen) atoms. The monoisotopic (exact) mass is 259 g/mol. The SMILES string of the molecule is Nc1ccc([N+](=O)[O-])cc1-c1nnc2n1CCCC2. The summed E-state index contributed by atoms with van der Waals surface area (Å²) in [5.74, 6) is 1.54. The zero-order chi connectivity index (χ0) is 13.4. The number of rotatable bonds is 2. The Kier molecular flexibility index (Phi) is 2.66. The zero-order valence-corrected chi connectivity index (χ0v) is 10.2. The molecule has 0 bridgehead atoms. The topological polar surface area (TPSA) is 99.9 Å². The lowest BCUT2D eigenvalue weighted by Crippen LogP contribution is -2.12. The van der Waals surface area contributed by atoms with Crippen molar-refractivity contribution in [1.82, 2.24) is 14.8 Å². The summed E-state index contributed by atoms with van der Waals surface area (Å²) in [6.45, 7) is 0.833. The molecule has 98 valence electrons. The number of non-ortho nitro benzene ring substituents is 1. The van der Waals surface area contributed by atoms with E-state index >= 15 is 0 Å². The van der Waals surface area contributed by atoms with E-state index in [0.29, 0.717) is 17.1 Å². The van der Waals surface area contributed by atoms with Crippen molar-refractivity contribution in [2.75, 3.05) is 5.73 Å². The van der Waals surface area contributed by atoms with Gasteiger partial charge in [0.2, 0.25) is 0 Å². The van der Waals surface area contributed by atoms with Crippen LogP contribution in [-0.4, -0.2) is 19.7 Å². The Morgan fingerprint density at radius 3 is 2.95 bits per heavy atom. The fourth-order valence-corrected chi connectivity index (χ4v) is 2.36. The number of benzene rings is 1. The van der Waals surface area contributed by atoms with E-state index in [1.807, 2.05) is 4.57 Å². The fourth-order valence-electron chi connectivity index (χ4n) is 2.36. The highest BCUT2D eigenvalue weighted by Crippen LogP contribution is 2.30. The smallest absolute Gasteiger partial charge is 0.270 e. The minimum absolute atomic E-state index is 0.0114. The Labute approximate surface area is 109 Å². The molecule has 0 saturated carbocycles. The van der Waals surface area contributed by atoms with E-state index in [1.165, 1.54) is 18.2 Å². The molecule has 0 radical (unpaired) electrons. The molecule has 0 unspecified atom stereocenters. The van der Waals surface area contributed by atoms with E-state index in [2.05, 4.69) is 10.2 Å². The van der Waals surface area contributed by atoms with E-state index in [4.69, 9.17) is 5.73 Å². The van der Waals surface area contributed by atoms with Crippen LogP contribution in [0.3, 0.4) is 0 Å². The Balaban J connectivity index is 2.13. The van der Waals surface area contributed by atoms with Gasteiger partial charge < -0.3 is 10.3 Å². The Morgan fingerprint density at radius 1 is 1.32 bits per heavy atom. The number of nitro groups is 1. The number of aryl methyl sites for hydroxylation is 1. The molecular formula is C12H13N5O2. The maximum atomic E-state index is 10.8. The van der Waals surface area contributed by atoms with Crippen molar-refractivity contribution in [3.8, 4) is 11.4 Å². The van der Waals surface area contributed by atoms with Crippen LogP contribution in [0.1, 0.15) is 18.7 Å². The first-order valence-corrected chi connectivity index (χ1v) is 6.13. The summed E-state index contributed by atoms with van der Waals surface area (Å²) in [5.41, 5.74) is 6.98. The summed E-state index contributed by atoms with van der Waals surface area (Å²) < 4.78 is 2.00. The number of fused-ring (bicyclic) bond motifs is 1. The van der Waals surface area contributed by atoms with Gasteiger partial charge in [-0.3, -0.25) is 10.1 Å². The lowest BCUT2D eigenvalue weighted by Gasteiger charge is -2.15. The summed E-state index contributed by atoms with van der Waals surface area (Å²) in [6, 6.07) is 4.39. The predicted molar refractivity (Wildman–Crippen MR) is 69.5 cm³/mol. The molecule has 7 heteroatoms. The van der Waals surface area contributed by atoms with Crippen LogP contribution in [0.15, 0.2) is 18.2 Å². The van der Waals surface area contributed by atoms with Crippen LogP contribution in [0, 0.1) is 10.1 Å². The summed E-state index contributed by atoms with van der Waals surface area (Å²) in [5, 5.41) is 19.1. The highest BCUT2D eigenvalue weighted by Gasteiger charge is 2.20. The molecule has 0 saturated heterocycles. The zero-order valence-electron chi connectivity index (χ0n) is 10.2. The molecule has 7 nitrogen and oxygen atoms in total. The van der Waals surface area contributed by atoms with Gasteiger partial charge in [-0.2, -0.15) is 0 Å². The molecular weight excluding hydrogens is 246 g/mol. The first-order chi connectivity index (χ1) is 9.16. The normalized spacial score (nSPS) is 14.1. The number of nitrogens with zero attached hydrogens (tertiary/aromatic N) is 4. The second-order valence-corrected chi connectivity index (χ2v) is 4.58. The molecule has 1 aromatic heterocycles. The van der Waals surface area contributed by atoms with Crippen molar-refractivity contribution in [1.29, 1.82) is 0 Å². The first-order valence-electron chi connectivity index (χ1n) is 6.13. The maximum absolute atomic E-state index is 10.8. The van der Waals surface area contributed by atoms with E-state index in [-0.39, 0.29) is 5.69 Å². The average molecular weight is 259 g/mol. The van der Waals surface area contributed by atoms with Gasteiger partial charge in [0.15, 0.2) is 5.82 Å². The second kappa shape index (κ2) is 4.34. The molecule has 1 aromatic carbocycles. The molecule has 0 aliphatic carbocycles. The summed E-state index contributed by atoms with van der Waals surface area (Å²) in [6.07, 6.45) is 3.05. The third kappa shape index (κ3) is 1.92. The number of anilines is 1. The van der Waals surface area contributed by atoms with Gasteiger partial charge in [-0.25, -0.2) is 0 Å². The first kappa shape index (κ1) is 11.6. The lowest BCUT2D eigenvalue weighted by atomic mass is 10.1. The van der Waals surface area contributed by atoms with E-state index in [1.54, 1.807) is 0 Å². The van der Waals surface area contributed by atoms with Crippen LogP contribution >= 0.6 is 0 Å². The number of nitrogen functional groups attached to an aromatic ring is 1. The Morgan fingerprint density at radius 2 is 2.16 bits per heavy atom. The number of nitro benzene ring substituents is 1. The summed E-state index contributed by atoms with van der Waals surface area (Å²) in [4.78, 5) is 10.4. The second-order valence-electron chi connectivity index (χ2n) is 4.58. The van der Waals surface area contributed by atoms with Crippen LogP contribution in [0.4, 0.5) is 11.4 Å². The number of aromatic nitrogens is 3. The quantitative estimate of drug-likeness (QED) is 0.503. The molecule has 1 aliphatic rings. The lowest BCUT2D eigenvalue weighted by molar-refractivity contribution is -0.384. The van der Waals surface area contributed by atoms with Crippen molar-refractivity contribution >= 4 is 11.4 Å². The molecule has 1 aliphatic heterocycles. The van der Waals surface area contributed by atoms with Crippen LogP contribution in [0.25, 0.3) is 11.4 Å². The largest absolute Gasteiger partial charge is 0.398 e.